The smallest absolute Gasteiger partial charge is 0.408 e. The molecule has 0 bridgehead atoms. The second kappa shape index (κ2) is 7.60. The highest BCUT2D eigenvalue weighted by Gasteiger charge is 2.23. The summed E-state index contributed by atoms with van der Waals surface area (Å²) >= 11 is 0. The lowest BCUT2D eigenvalue weighted by Gasteiger charge is -2.21. The Morgan fingerprint density at radius 2 is 2.00 bits per heavy atom. The number of hydrogen-bond donors (Lipinski definition) is 3. The fraction of sp³-hybridized carbons (Fsp3) is 0.750. The van der Waals surface area contributed by atoms with Crippen LogP contribution in [0.5, 0.6) is 0 Å². The van der Waals surface area contributed by atoms with Crippen LogP contribution in [-0.4, -0.2) is 41.2 Å². The lowest BCUT2D eigenvalue weighted by Crippen LogP contribution is -2.43. The van der Waals surface area contributed by atoms with Crippen LogP contribution in [0.15, 0.2) is 4.99 Å². The first-order chi connectivity index (χ1) is 8.61. The van der Waals surface area contributed by atoms with Crippen molar-refractivity contribution in [2.24, 2.45) is 10.7 Å². The maximum absolute atomic E-state index is 11.5. The lowest BCUT2D eigenvalue weighted by molar-refractivity contribution is -0.139. The van der Waals surface area contributed by atoms with Crippen LogP contribution >= 0.6 is 0 Å². The van der Waals surface area contributed by atoms with Crippen molar-refractivity contribution in [3.05, 3.63) is 0 Å². The molecule has 0 saturated heterocycles. The number of aliphatic carboxylic acids is 1. The third-order valence-electron chi connectivity index (χ3n) is 2.00. The van der Waals surface area contributed by atoms with Crippen LogP contribution in [0, 0.1) is 0 Å². The predicted octanol–water partition coefficient (Wildman–Crippen LogP) is 1.12. The zero-order valence-corrected chi connectivity index (χ0v) is 11.9. The van der Waals surface area contributed by atoms with E-state index in [4.69, 9.17) is 15.6 Å². The van der Waals surface area contributed by atoms with Crippen LogP contribution in [0.2, 0.25) is 0 Å². The van der Waals surface area contributed by atoms with E-state index < -0.39 is 23.7 Å². The van der Waals surface area contributed by atoms with Crippen LogP contribution in [0.4, 0.5) is 4.79 Å². The summed E-state index contributed by atoms with van der Waals surface area (Å²) in [6.07, 6.45) is 0.0468. The first kappa shape index (κ1) is 17.2. The largest absolute Gasteiger partial charge is 0.480 e. The van der Waals surface area contributed by atoms with E-state index in [1.807, 2.05) is 0 Å². The van der Waals surface area contributed by atoms with E-state index in [0.29, 0.717) is 18.8 Å². The molecule has 0 heterocycles. The summed E-state index contributed by atoms with van der Waals surface area (Å²) in [6, 6.07) is -0.983. The van der Waals surface area contributed by atoms with Gasteiger partial charge in [0, 0.05) is 6.54 Å². The van der Waals surface area contributed by atoms with E-state index in [-0.39, 0.29) is 6.42 Å². The number of carboxylic acids is 1. The average molecular weight is 273 g/mol. The molecule has 0 aliphatic heterocycles. The number of alkyl carbamates (subject to hydrolysis) is 1. The van der Waals surface area contributed by atoms with Gasteiger partial charge in [-0.05, 0) is 40.5 Å². The van der Waals surface area contributed by atoms with E-state index in [0.717, 1.165) is 0 Å². The zero-order valence-electron chi connectivity index (χ0n) is 11.9. The molecule has 0 radical (unpaired) electrons. The van der Waals surface area contributed by atoms with Crippen molar-refractivity contribution in [3.8, 4) is 0 Å². The number of amides is 1. The molecule has 1 unspecified atom stereocenters. The molecular weight excluding hydrogens is 250 g/mol. The van der Waals surface area contributed by atoms with Crippen molar-refractivity contribution < 1.29 is 19.4 Å². The van der Waals surface area contributed by atoms with Gasteiger partial charge in [-0.3, -0.25) is 4.99 Å². The normalized spacial score (nSPS) is 13.8. The number of nitrogens with one attached hydrogen (secondary N) is 1. The highest BCUT2D eigenvalue weighted by Crippen LogP contribution is 2.07. The van der Waals surface area contributed by atoms with Crippen LogP contribution in [0.3, 0.4) is 0 Å². The summed E-state index contributed by atoms with van der Waals surface area (Å²) in [4.78, 5) is 26.4. The van der Waals surface area contributed by atoms with Crippen molar-refractivity contribution in [1.82, 2.24) is 5.32 Å². The summed E-state index contributed by atoms with van der Waals surface area (Å²) in [6.45, 7) is 7.22. The van der Waals surface area contributed by atoms with E-state index >= 15 is 0 Å². The van der Waals surface area contributed by atoms with Crippen molar-refractivity contribution >= 4 is 17.9 Å². The van der Waals surface area contributed by atoms with Crippen molar-refractivity contribution in [3.63, 3.8) is 0 Å². The molecule has 0 saturated carbocycles. The van der Waals surface area contributed by atoms with Crippen LogP contribution in [0.25, 0.3) is 0 Å². The van der Waals surface area contributed by atoms with Crippen molar-refractivity contribution in [2.75, 3.05) is 6.54 Å². The van der Waals surface area contributed by atoms with Crippen LogP contribution < -0.4 is 11.1 Å². The van der Waals surface area contributed by atoms with E-state index in [1.54, 1.807) is 27.7 Å². The second-order valence-electron chi connectivity index (χ2n) is 5.20. The Kier molecular flexibility index (Phi) is 6.89. The molecule has 110 valence electrons. The van der Waals surface area contributed by atoms with Crippen LogP contribution in [-0.2, 0) is 9.53 Å². The molecule has 0 aromatic carbocycles. The Bertz CT molecular complexity index is 343. The fourth-order valence-corrected chi connectivity index (χ4v) is 1.26. The number of carbonyl (C=O) groups is 2. The lowest BCUT2D eigenvalue weighted by atomic mass is 10.1. The van der Waals surface area contributed by atoms with Gasteiger partial charge < -0.3 is 20.9 Å². The first-order valence-electron chi connectivity index (χ1n) is 6.10. The van der Waals surface area contributed by atoms with Gasteiger partial charge in [0.2, 0.25) is 0 Å². The van der Waals surface area contributed by atoms with Crippen molar-refractivity contribution in [1.29, 1.82) is 0 Å². The molecule has 0 aliphatic rings. The van der Waals surface area contributed by atoms with Gasteiger partial charge in [0.15, 0.2) is 0 Å². The number of amidine groups is 1. The topological polar surface area (TPSA) is 114 Å². The Labute approximate surface area is 113 Å². The number of ether oxygens (including phenoxy) is 1. The van der Waals surface area contributed by atoms with E-state index in [2.05, 4.69) is 10.3 Å². The number of hydrogen-bond acceptors (Lipinski definition) is 4. The van der Waals surface area contributed by atoms with Gasteiger partial charge in [0.05, 0.1) is 5.84 Å². The summed E-state index contributed by atoms with van der Waals surface area (Å²) in [5.74, 6) is -0.647. The fourth-order valence-electron chi connectivity index (χ4n) is 1.26. The standard InChI is InChI=1S/C12H23N3O4/c1-8(13)14-7-5-6-9(10(16)17)15-11(18)19-12(2,3)4/h9H,5-7H2,1-4H3,(H2,13,14)(H,15,18)(H,16,17). The number of aliphatic imine (C=N–C) groups is 1. The minimum atomic E-state index is -1.10. The third kappa shape index (κ3) is 9.87. The summed E-state index contributed by atoms with van der Waals surface area (Å²) in [5.41, 5.74) is 4.70. The number of nitrogens with zero attached hydrogens (tertiary/aromatic N) is 1. The average Bonchev–Trinajstić information content (AvgIpc) is 2.19. The number of carboxylic acid groups (broad SMARTS) is 1. The molecule has 0 aliphatic carbocycles. The molecule has 0 spiro atoms. The molecule has 0 aromatic rings. The third-order valence-corrected chi connectivity index (χ3v) is 2.00. The van der Waals surface area contributed by atoms with Gasteiger partial charge >= 0.3 is 12.1 Å². The molecule has 0 aromatic heterocycles. The summed E-state index contributed by atoms with van der Waals surface area (Å²) in [5, 5.41) is 11.3. The predicted molar refractivity (Wildman–Crippen MR) is 72.2 cm³/mol. The maximum atomic E-state index is 11.5. The SMILES string of the molecule is CC(N)=NCCCC(NC(=O)OC(C)(C)C)C(=O)O. The minimum absolute atomic E-state index is 0.269. The van der Waals surface area contributed by atoms with Gasteiger partial charge in [-0.15, -0.1) is 0 Å². The monoisotopic (exact) mass is 273 g/mol. The Morgan fingerprint density at radius 1 is 1.42 bits per heavy atom. The van der Waals surface area contributed by atoms with Crippen molar-refractivity contribution in [2.45, 2.75) is 52.2 Å². The van der Waals surface area contributed by atoms with E-state index in [9.17, 15) is 9.59 Å². The molecule has 0 fully saturated rings. The van der Waals surface area contributed by atoms with Gasteiger partial charge in [-0.2, -0.15) is 0 Å². The van der Waals surface area contributed by atoms with Gasteiger partial charge in [0.1, 0.15) is 11.6 Å². The number of rotatable bonds is 6. The number of nitrogens with two attached hydrogens (primary N) is 1. The quantitative estimate of drug-likeness (QED) is 0.381. The first-order valence-corrected chi connectivity index (χ1v) is 6.10. The molecule has 7 nitrogen and oxygen atoms in total. The maximum Gasteiger partial charge on any atom is 0.408 e. The Hall–Kier alpha value is -1.79. The molecular formula is C12H23N3O4. The summed E-state index contributed by atoms with van der Waals surface area (Å²) < 4.78 is 5.00. The van der Waals surface area contributed by atoms with E-state index in [1.165, 1.54) is 0 Å². The van der Waals surface area contributed by atoms with Gasteiger partial charge in [-0.25, -0.2) is 9.59 Å². The molecule has 4 N–H and O–H groups in total. The highest BCUT2D eigenvalue weighted by atomic mass is 16.6. The van der Waals surface area contributed by atoms with Crippen LogP contribution in [0.1, 0.15) is 40.5 Å². The molecule has 1 atom stereocenters. The molecule has 0 rings (SSSR count). The molecule has 19 heavy (non-hydrogen) atoms. The number of carbonyl (C=O) groups excluding carboxylic acids is 1. The van der Waals surface area contributed by atoms with Gasteiger partial charge in [0.25, 0.3) is 0 Å². The highest BCUT2D eigenvalue weighted by molar-refractivity contribution is 5.80. The zero-order chi connectivity index (χ0) is 15.1. The minimum Gasteiger partial charge on any atom is -0.480 e. The molecule has 7 heteroatoms. The summed E-state index contributed by atoms with van der Waals surface area (Å²) in [7, 11) is 0. The van der Waals surface area contributed by atoms with Gasteiger partial charge in [-0.1, -0.05) is 0 Å². The Balaban J connectivity index is 4.23. The Morgan fingerprint density at radius 3 is 2.42 bits per heavy atom. The molecule has 1 amide bonds. The second-order valence-corrected chi connectivity index (χ2v) is 5.20.